The molecule has 0 aromatic heterocycles. The van der Waals surface area contributed by atoms with Crippen molar-refractivity contribution in [2.24, 2.45) is 4.99 Å². The predicted molar refractivity (Wildman–Crippen MR) is 79.9 cm³/mol. The SMILES string of the molecule is CN1c2ccc(C=O)cc2OC2(C3=NCCN3)OC(=O)C(=O)OC12. The van der Waals surface area contributed by atoms with Crippen LogP contribution in [0.25, 0.3) is 0 Å². The zero-order valence-electron chi connectivity index (χ0n) is 12.6. The maximum atomic E-state index is 11.8. The normalized spacial score (nSPS) is 27.8. The molecular formula is C15H13N3O6. The number of anilines is 1. The Balaban J connectivity index is 1.87. The van der Waals surface area contributed by atoms with Crippen LogP contribution in [-0.4, -0.2) is 56.2 Å². The summed E-state index contributed by atoms with van der Waals surface area (Å²) < 4.78 is 16.5. The fourth-order valence-electron chi connectivity index (χ4n) is 2.97. The number of hydrogen-bond acceptors (Lipinski definition) is 9. The number of carbonyl (C=O) groups excluding carboxylic acids is 3. The standard InChI is InChI=1S/C15H13N3O6/c1-18-9-3-2-8(7-19)6-10(9)23-15(13-16-4-5-17-13)14(18)22-11(20)12(21)24-15/h2-3,6-7,14H,4-5H2,1H3,(H,16,17). The lowest BCUT2D eigenvalue weighted by Crippen LogP contribution is -2.71. The van der Waals surface area contributed by atoms with Gasteiger partial charge in [0.05, 0.1) is 12.2 Å². The topological polar surface area (TPSA) is 107 Å². The summed E-state index contributed by atoms with van der Waals surface area (Å²) in [7, 11) is 1.67. The molecule has 3 aliphatic rings. The Morgan fingerprint density at radius 1 is 1.33 bits per heavy atom. The molecule has 1 aromatic carbocycles. The summed E-state index contributed by atoms with van der Waals surface area (Å²) in [6.45, 7) is 1.02. The number of nitrogens with zero attached hydrogens (tertiary/aromatic N) is 2. The van der Waals surface area contributed by atoms with E-state index in [-0.39, 0.29) is 5.84 Å². The van der Waals surface area contributed by atoms with Crippen molar-refractivity contribution < 1.29 is 28.6 Å². The van der Waals surface area contributed by atoms with Gasteiger partial charge in [-0.05, 0) is 18.2 Å². The molecule has 0 bridgehead atoms. The zero-order chi connectivity index (χ0) is 16.9. The fourth-order valence-corrected chi connectivity index (χ4v) is 2.97. The molecule has 9 heteroatoms. The van der Waals surface area contributed by atoms with E-state index in [1.165, 1.54) is 6.07 Å². The Kier molecular flexibility index (Phi) is 2.99. The Bertz CT molecular complexity index is 791. The molecule has 0 saturated carbocycles. The van der Waals surface area contributed by atoms with Gasteiger partial charge in [-0.3, -0.25) is 9.79 Å². The molecule has 2 atom stereocenters. The van der Waals surface area contributed by atoms with Crippen molar-refractivity contribution in [3.05, 3.63) is 23.8 Å². The van der Waals surface area contributed by atoms with Crippen molar-refractivity contribution in [2.45, 2.75) is 12.0 Å². The molecule has 1 fully saturated rings. The number of nitrogens with one attached hydrogen (secondary N) is 1. The van der Waals surface area contributed by atoms with E-state index < -0.39 is 24.0 Å². The van der Waals surface area contributed by atoms with Gasteiger partial charge in [0.25, 0.3) is 6.23 Å². The maximum absolute atomic E-state index is 11.8. The van der Waals surface area contributed by atoms with E-state index in [2.05, 4.69) is 10.3 Å². The van der Waals surface area contributed by atoms with Gasteiger partial charge in [0.2, 0.25) is 0 Å². The molecule has 9 nitrogen and oxygen atoms in total. The summed E-state index contributed by atoms with van der Waals surface area (Å²) in [5.41, 5.74) is 0.988. The number of rotatable bonds is 2. The van der Waals surface area contributed by atoms with Crippen LogP contribution in [-0.2, 0) is 19.1 Å². The monoisotopic (exact) mass is 331 g/mol. The largest absolute Gasteiger partial charge is 0.439 e. The lowest BCUT2D eigenvalue weighted by Gasteiger charge is -2.48. The van der Waals surface area contributed by atoms with Crippen LogP contribution >= 0.6 is 0 Å². The van der Waals surface area contributed by atoms with Gasteiger partial charge in [0.15, 0.2) is 5.84 Å². The van der Waals surface area contributed by atoms with Crippen LogP contribution in [0.3, 0.4) is 0 Å². The number of aliphatic imine (C=N–C) groups is 1. The quantitative estimate of drug-likeness (QED) is 0.437. The molecule has 0 amide bonds. The summed E-state index contributed by atoms with van der Waals surface area (Å²) in [6.07, 6.45) is -0.359. The van der Waals surface area contributed by atoms with E-state index >= 15 is 0 Å². The molecule has 0 radical (unpaired) electrons. The molecule has 0 spiro atoms. The van der Waals surface area contributed by atoms with Crippen LogP contribution in [0.15, 0.2) is 23.2 Å². The number of aldehydes is 1. The van der Waals surface area contributed by atoms with E-state index in [0.717, 1.165) is 0 Å². The molecule has 1 N–H and O–H groups in total. The number of fused-ring (bicyclic) bond motifs is 2. The van der Waals surface area contributed by atoms with E-state index in [1.807, 2.05) is 0 Å². The van der Waals surface area contributed by atoms with Crippen molar-refractivity contribution >= 4 is 29.7 Å². The van der Waals surface area contributed by atoms with Crippen LogP contribution in [0.2, 0.25) is 0 Å². The number of hydrogen-bond donors (Lipinski definition) is 1. The van der Waals surface area contributed by atoms with Crippen LogP contribution in [0.5, 0.6) is 5.75 Å². The minimum Gasteiger partial charge on any atom is -0.439 e. The van der Waals surface area contributed by atoms with E-state index in [1.54, 1.807) is 24.1 Å². The number of ether oxygens (including phenoxy) is 3. The lowest BCUT2D eigenvalue weighted by molar-refractivity contribution is -0.240. The van der Waals surface area contributed by atoms with Gasteiger partial charge in [-0.25, -0.2) is 9.59 Å². The first kappa shape index (κ1) is 14.5. The summed E-state index contributed by atoms with van der Waals surface area (Å²) >= 11 is 0. The van der Waals surface area contributed by atoms with E-state index in [0.29, 0.717) is 36.4 Å². The maximum Gasteiger partial charge on any atom is 0.421 e. The first-order chi connectivity index (χ1) is 11.5. The fraction of sp³-hybridized carbons (Fsp3) is 0.333. The zero-order valence-corrected chi connectivity index (χ0v) is 12.6. The van der Waals surface area contributed by atoms with Gasteiger partial charge in [-0.15, -0.1) is 0 Å². The van der Waals surface area contributed by atoms with Crippen molar-refractivity contribution in [1.82, 2.24) is 5.32 Å². The molecule has 2 unspecified atom stereocenters. The highest BCUT2D eigenvalue weighted by Crippen LogP contribution is 2.43. The summed E-state index contributed by atoms with van der Waals surface area (Å²) in [5.74, 6) is -3.41. The first-order valence-corrected chi connectivity index (χ1v) is 7.29. The summed E-state index contributed by atoms with van der Waals surface area (Å²) in [5, 5.41) is 2.99. The average Bonchev–Trinajstić information content (AvgIpc) is 3.12. The third kappa shape index (κ3) is 1.87. The number of carbonyl (C=O) groups is 3. The van der Waals surface area contributed by atoms with Crippen LogP contribution in [0.1, 0.15) is 10.4 Å². The predicted octanol–water partition coefficient (Wildman–Crippen LogP) is -0.548. The average molecular weight is 331 g/mol. The Morgan fingerprint density at radius 3 is 2.88 bits per heavy atom. The second-order valence-electron chi connectivity index (χ2n) is 5.53. The van der Waals surface area contributed by atoms with Gasteiger partial charge in [0, 0.05) is 19.2 Å². The number of benzene rings is 1. The first-order valence-electron chi connectivity index (χ1n) is 7.29. The van der Waals surface area contributed by atoms with Crippen molar-refractivity contribution in [1.29, 1.82) is 0 Å². The Morgan fingerprint density at radius 2 is 2.17 bits per heavy atom. The molecule has 0 aliphatic carbocycles. The minimum absolute atomic E-state index is 0.266. The second kappa shape index (κ2) is 4.95. The lowest BCUT2D eigenvalue weighted by atomic mass is 10.1. The number of amidine groups is 1. The highest BCUT2D eigenvalue weighted by Gasteiger charge is 2.62. The van der Waals surface area contributed by atoms with Gasteiger partial charge < -0.3 is 24.4 Å². The highest BCUT2D eigenvalue weighted by molar-refractivity contribution is 6.31. The van der Waals surface area contributed by atoms with Gasteiger partial charge >= 0.3 is 17.7 Å². The molecule has 24 heavy (non-hydrogen) atoms. The Labute approximate surface area is 136 Å². The number of esters is 2. The number of likely N-dealkylation sites (N-methyl/N-ethyl adjacent to an activating group) is 1. The highest BCUT2D eigenvalue weighted by atomic mass is 16.8. The van der Waals surface area contributed by atoms with E-state index in [9.17, 15) is 14.4 Å². The smallest absolute Gasteiger partial charge is 0.421 e. The molecule has 3 heterocycles. The van der Waals surface area contributed by atoms with Crippen LogP contribution in [0, 0.1) is 0 Å². The summed E-state index contributed by atoms with van der Waals surface area (Å²) in [6, 6.07) is 4.80. The molecule has 3 aliphatic heterocycles. The van der Waals surface area contributed by atoms with Crippen molar-refractivity contribution in [3.8, 4) is 5.75 Å². The minimum atomic E-state index is -1.73. The summed E-state index contributed by atoms with van der Waals surface area (Å²) in [4.78, 5) is 40.4. The van der Waals surface area contributed by atoms with Gasteiger partial charge in [0.1, 0.15) is 12.0 Å². The third-order valence-corrected chi connectivity index (χ3v) is 4.07. The third-order valence-electron chi connectivity index (χ3n) is 4.07. The van der Waals surface area contributed by atoms with Gasteiger partial charge in [-0.2, -0.15) is 0 Å². The molecule has 1 saturated heterocycles. The molecule has 1 aromatic rings. The van der Waals surface area contributed by atoms with Crippen LogP contribution < -0.4 is 15.0 Å². The van der Waals surface area contributed by atoms with Crippen LogP contribution in [0.4, 0.5) is 5.69 Å². The van der Waals surface area contributed by atoms with Gasteiger partial charge in [-0.1, -0.05) is 0 Å². The molecule has 124 valence electrons. The Hall–Kier alpha value is -3.10. The van der Waals surface area contributed by atoms with Crippen molar-refractivity contribution in [3.63, 3.8) is 0 Å². The second-order valence-corrected chi connectivity index (χ2v) is 5.53. The van der Waals surface area contributed by atoms with E-state index in [4.69, 9.17) is 14.2 Å². The molecular weight excluding hydrogens is 318 g/mol. The van der Waals surface area contributed by atoms with Crippen molar-refractivity contribution in [2.75, 3.05) is 25.0 Å². The molecule has 4 rings (SSSR count).